The largest absolute Gasteiger partial charge is 0.490 e. The molecule has 2 aromatic carbocycles. The maximum atomic E-state index is 10.5. The lowest BCUT2D eigenvalue weighted by atomic mass is 10.0. The van der Waals surface area contributed by atoms with E-state index in [4.69, 9.17) is 0 Å². The lowest BCUT2D eigenvalue weighted by Gasteiger charge is -2.23. The highest BCUT2D eigenvalue weighted by Gasteiger charge is 2.31. The van der Waals surface area contributed by atoms with E-state index in [0.29, 0.717) is 0 Å². The summed E-state index contributed by atoms with van der Waals surface area (Å²) in [5.74, 6) is 0.240. The first-order chi connectivity index (χ1) is 11.3. The number of aryl methyl sites for hydroxylation is 6. The van der Waals surface area contributed by atoms with Crippen molar-refractivity contribution in [2.75, 3.05) is 10.0 Å². The number of aliphatic hydroxyl groups excluding tert-OH is 1. The number of nitrogens with two attached hydrogens (primary N) is 1. The smallest absolute Gasteiger partial charge is 0.264 e. The van der Waals surface area contributed by atoms with E-state index in [0.717, 1.165) is 22.5 Å². The number of nitrogens with zero attached hydrogens (tertiary/aromatic N) is 2. The Morgan fingerprint density at radius 2 is 1.12 bits per heavy atom. The fourth-order valence-corrected chi connectivity index (χ4v) is 3.83. The first-order valence-corrected chi connectivity index (χ1v) is 8.27. The van der Waals surface area contributed by atoms with Crippen molar-refractivity contribution in [3.05, 3.63) is 69.7 Å². The average Bonchev–Trinajstić information content (AvgIpc) is 2.78. The minimum absolute atomic E-state index is 0.240. The summed E-state index contributed by atoms with van der Waals surface area (Å²) in [5.41, 5.74) is 11.3. The summed E-state index contributed by atoms with van der Waals surface area (Å²) in [5, 5.41) is 14.4. The van der Waals surface area contributed by atoms with Gasteiger partial charge in [-0.1, -0.05) is 35.4 Å². The zero-order valence-corrected chi connectivity index (χ0v) is 15.3. The first kappa shape index (κ1) is 16.4. The molecule has 24 heavy (non-hydrogen) atoms. The Bertz CT molecular complexity index is 793. The molecule has 4 heteroatoms. The van der Waals surface area contributed by atoms with Crippen LogP contribution in [0.15, 0.2) is 36.3 Å². The number of aliphatic hydroxyl groups is 1. The molecule has 2 aromatic rings. The van der Waals surface area contributed by atoms with Crippen LogP contribution >= 0.6 is 0 Å². The fourth-order valence-electron chi connectivity index (χ4n) is 3.83. The molecule has 1 aliphatic rings. The summed E-state index contributed by atoms with van der Waals surface area (Å²) in [4.78, 5) is 0. The SMILES string of the molecule is Cc1cc(C)c(N2C=C(O)N(c3c(C)cc(C)cc3C)[NH2+]2)c(C)c1. The molecule has 0 saturated carbocycles. The standard InChI is InChI=1S/C20H25N3O/c1-12-7-14(3)19(15(4)8-12)22-11-18(24)23(21-22)20-16(5)9-13(2)10-17(20)6/h7-11,21,24H,1-6H3/p+1. The lowest BCUT2D eigenvalue weighted by Crippen LogP contribution is -2.99. The highest BCUT2D eigenvalue weighted by atomic mass is 16.3. The van der Waals surface area contributed by atoms with Crippen LogP contribution in [-0.4, -0.2) is 5.11 Å². The molecular formula is C20H26N3O+. The number of hydrogen-bond donors (Lipinski definition) is 2. The van der Waals surface area contributed by atoms with Gasteiger partial charge in [0.25, 0.3) is 5.88 Å². The quantitative estimate of drug-likeness (QED) is 0.829. The summed E-state index contributed by atoms with van der Waals surface area (Å²) in [6, 6.07) is 8.64. The molecule has 0 aromatic heterocycles. The van der Waals surface area contributed by atoms with Gasteiger partial charge in [0, 0.05) is 0 Å². The van der Waals surface area contributed by atoms with Crippen LogP contribution in [0.5, 0.6) is 0 Å². The molecule has 1 aliphatic heterocycles. The lowest BCUT2D eigenvalue weighted by molar-refractivity contribution is -0.660. The highest BCUT2D eigenvalue weighted by molar-refractivity contribution is 5.64. The van der Waals surface area contributed by atoms with Crippen LogP contribution in [0.25, 0.3) is 0 Å². The Labute approximate surface area is 144 Å². The molecule has 0 saturated heterocycles. The van der Waals surface area contributed by atoms with Crippen molar-refractivity contribution in [2.24, 2.45) is 0 Å². The second-order valence-electron chi connectivity index (χ2n) is 6.87. The van der Waals surface area contributed by atoms with Crippen LogP contribution in [0, 0.1) is 41.5 Å². The molecule has 0 radical (unpaired) electrons. The molecule has 1 heterocycles. The molecular weight excluding hydrogens is 298 g/mol. The minimum Gasteiger partial charge on any atom is -0.490 e. The zero-order chi connectivity index (χ0) is 17.6. The Morgan fingerprint density at radius 1 is 0.708 bits per heavy atom. The van der Waals surface area contributed by atoms with Crippen molar-refractivity contribution in [1.29, 1.82) is 0 Å². The number of rotatable bonds is 2. The van der Waals surface area contributed by atoms with E-state index >= 15 is 0 Å². The van der Waals surface area contributed by atoms with Gasteiger partial charge in [-0.3, -0.25) is 0 Å². The monoisotopic (exact) mass is 324 g/mol. The van der Waals surface area contributed by atoms with E-state index in [2.05, 4.69) is 65.8 Å². The number of hydrogen-bond acceptors (Lipinski definition) is 3. The summed E-state index contributed by atoms with van der Waals surface area (Å²) in [6.45, 7) is 12.6. The molecule has 0 aliphatic carbocycles. The second-order valence-corrected chi connectivity index (χ2v) is 6.87. The van der Waals surface area contributed by atoms with Crippen LogP contribution in [-0.2, 0) is 0 Å². The summed E-state index contributed by atoms with van der Waals surface area (Å²) in [6.07, 6.45) is 1.78. The normalized spacial score (nSPS) is 14.3. The number of quaternary nitrogens is 1. The Balaban J connectivity index is 2.00. The third-order valence-electron chi connectivity index (χ3n) is 4.51. The van der Waals surface area contributed by atoms with E-state index in [1.165, 1.54) is 22.3 Å². The molecule has 0 amide bonds. The molecule has 126 valence electrons. The molecule has 3 rings (SSSR count). The van der Waals surface area contributed by atoms with Crippen molar-refractivity contribution >= 4 is 11.4 Å². The summed E-state index contributed by atoms with van der Waals surface area (Å²) < 4.78 is 0. The zero-order valence-electron chi connectivity index (χ0n) is 15.3. The maximum absolute atomic E-state index is 10.5. The third kappa shape index (κ3) is 2.74. The van der Waals surface area contributed by atoms with Crippen LogP contribution in [0.4, 0.5) is 11.4 Å². The third-order valence-corrected chi connectivity index (χ3v) is 4.51. The van der Waals surface area contributed by atoms with Crippen molar-refractivity contribution < 1.29 is 10.6 Å². The Hall–Kier alpha value is -2.46. The van der Waals surface area contributed by atoms with Gasteiger partial charge in [0.15, 0.2) is 0 Å². The van der Waals surface area contributed by atoms with Gasteiger partial charge in [-0.05, 0) is 63.8 Å². The maximum Gasteiger partial charge on any atom is 0.264 e. The average molecular weight is 324 g/mol. The molecule has 0 fully saturated rings. The van der Waals surface area contributed by atoms with Gasteiger partial charge in [-0.2, -0.15) is 5.01 Å². The first-order valence-electron chi connectivity index (χ1n) is 8.27. The molecule has 0 atom stereocenters. The van der Waals surface area contributed by atoms with Crippen LogP contribution in [0.3, 0.4) is 0 Å². The van der Waals surface area contributed by atoms with Crippen molar-refractivity contribution in [2.45, 2.75) is 41.5 Å². The van der Waals surface area contributed by atoms with E-state index in [1.807, 2.05) is 15.6 Å². The van der Waals surface area contributed by atoms with E-state index in [9.17, 15) is 5.11 Å². The fraction of sp³-hybridized carbons (Fsp3) is 0.300. The predicted octanol–water partition coefficient (Wildman–Crippen LogP) is 3.61. The van der Waals surface area contributed by atoms with E-state index in [-0.39, 0.29) is 5.88 Å². The topological polar surface area (TPSA) is 43.3 Å². The molecule has 0 unspecified atom stereocenters. The molecule has 3 N–H and O–H groups in total. The Morgan fingerprint density at radius 3 is 1.58 bits per heavy atom. The van der Waals surface area contributed by atoms with Crippen LogP contribution in [0.2, 0.25) is 0 Å². The van der Waals surface area contributed by atoms with Gasteiger partial charge >= 0.3 is 0 Å². The minimum atomic E-state index is 0.240. The molecule has 0 bridgehead atoms. The van der Waals surface area contributed by atoms with Crippen LogP contribution < -0.4 is 15.6 Å². The molecule has 4 nitrogen and oxygen atoms in total. The van der Waals surface area contributed by atoms with Gasteiger partial charge in [-0.25, -0.2) is 0 Å². The molecule has 0 spiro atoms. The van der Waals surface area contributed by atoms with Crippen LogP contribution in [0.1, 0.15) is 33.4 Å². The van der Waals surface area contributed by atoms with Crippen molar-refractivity contribution in [1.82, 2.24) is 0 Å². The summed E-state index contributed by atoms with van der Waals surface area (Å²) >= 11 is 0. The number of benzene rings is 2. The number of anilines is 2. The van der Waals surface area contributed by atoms with Gasteiger partial charge in [-0.15, -0.1) is 10.5 Å². The van der Waals surface area contributed by atoms with E-state index < -0.39 is 0 Å². The Kier molecular flexibility index (Phi) is 4.01. The van der Waals surface area contributed by atoms with Gasteiger partial charge in [0.05, 0.1) is 0 Å². The van der Waals surface area contributed by atoms with E-state index in [1.54, 1.807) is 6.20 Å². The second kappa shape index (κ2) is 5.87. The van der Waals surface area contributed by atoms with Crippen molar-refractivity contribution in [3.8, 4) is 0 Å². The van der Waals surface area contributed by atoms with Crippen molar-refractivity contribution in [3.63, 3.8) is 0 Å². The van der Waals surface area contributed by atoms with Gasteiger partial charge in [0.2, 0.25) is 0 Å². The predicted molar refractivity (Wildman–Crippen MR) is 98.9 cm³/mol. The van der Waals surface area contributed by atoms with Gasteiger partial charge in [0.1, 0.15) is 17.6 Å². The summed E-state index contributed by atoms with van der Waals surface area (Å²) in [7, 11) is 0. The highest BCUT2D eigenvalue weighted by Crippen LogP contribution is 2.30. The van der Waals surface area contributed by atoms with Gasteiger partial charge < -0.3 is 5.11 Å².